The summed E-state index contributed by atoms with van der Waals surface area (Å²) >= 11 is 0. The topological polar surface area (TPSA) is 52.6 Å². The molecule has 0 aliphatic carbocycles. The molecule has 0 saturated carbocycles. The van der Waals surface area contributed by atoms with Gasteiger partial charge in [0.05, 0.1) is 18.8 Å². The smallest absolute Gasteiger partial charge is 0.235 e. The molecule has 22 heavy (non-hydrogen) atoms. The number of benzene rings is 2. The normalized spacial score (nSPS) is 11.1. The highest BCUT2D eigenvalue weighted by Gasteiger charge is 2.17. The van der Waals surface area contributed by atoms with Crippen LogP contribution in [0.1, 0.15) is 0 Å². The fourth-order valence-corrected chi connectivity index (χ4v) is 2.60. The van der Waals surface area contributed by atoms with Gasteiger partial charge < -0.3 is 13.6 Å². The molecule has 0 saturated heterocycles. The second kappa shape index (κ2) is 4.77. The van der Waals surface area contributed by atoms with Gasteiger partial charge in [0.15, 0.2) is 5.76 Å². The molecule has 108 valence electrons. The molecular weight excluding hydrogens is 280 g/mol. The zero-order valence-electron chi connectivity index (χ0n) is 11.8. The van der Waals surface area contributed by atoms with Gasteiger partial charge in [-0.25, -0.2) is 0 Å². The third-order valence-electron chi connectivity index (χ3n) is 3.66. The van der Waals surface area contributed by atoms with Gasteiger partial charge in [0.25, 0.3) is 0 Å². The zero-order valence-corrected chi connectivity index (χ0v) is 11.8. The summed E-state index contributed by atoms with van der Waals surface area (Å²) in [6.45, 7) is 0. The molecule has 0 spiro atoms. The number of ether oxygens (including phenoxy) is 1. The van der Waals surface area contributed by atoms with Crippen LogP contribution in [0.15, 0.2) is 68.4 Å². The zero-order chi connectivity index (χ0) is 15.1. The molecule has 2 aromatic heterocycles. The average molecular weight is 292 g/mol. The third-order valence-corrected chi connectivity index (χ3v) is 3.66. The van der Waals surface area contributed by atoms with Crippen LogP contribution in [-0.2, 0) is 0 Å². The van der Waals surface area contributed by atoms with Gasteiger partial charge in [-0.05, 0) is 12.1 Å². The standard InChI is InChI=1S/C18H12O4/c1-20-18-16(19)13-9-12-7-8-21-14(12)10-15(13)22-17(18)11-5-3-2-4-6-11/h2-10H,1H3. The summed E-state index contributed by atoms with van der Waals surface area (Å²) in [7, 11) is 1.47. The summed E-state index contributed by atoms with van der Waals surface area (Å²) in [6, 6.07) is 14.7. The number of hydrogen-bond donors (Lipinski definition) is 0. The molecule has 0 radical (unpaired) electrons. The molecule has 0 bridgehead atoms. The first kappa shape index (κ1) is 12.7. The Morgan fingerprint density at radius 1 is 1.00 bits per heavy atom. The second-order valence-electron chi connectivity index (χ2n) is 4.97. The Bertz CT molecular complexity index is 1030. The minimum Gasteiger partial charge on any atom is -0.490 e. The van der Waals surface area contributed by atoms with E-state index in [1.165, 1.54) is 7.11 Å². The molecule has 0 fully saturated rings. The van der Waals surface area contributed by atoms with Crippen molar-refractivity contribution in [2.24, 2.45) is 0 Å². The Balaban J connectivity index is 2.12. The van der Waals surface area contributed by atoms with E-state index in [9.17, 15) is 4.79 Å². The van der Waals surface area contributed by atoms with Crippen LogP contribution in [0, 0.1) is 0 Å². The van der Waals surface area contributed by atoms with Gasteiger partial charge in [0.1, 0.15) is 11.2 Å². The average Bonchev–Trinajstić information content (AvgIpc) is 3.01. The fourth-order valence-electron chi connectivity index (χ4n) is 2.60. The van der Waals surface area contributed by atoms with Crippen LogP contribution in [-0.4, -0.2) is 7.11 Å². The Morgan fingerprint density at radius 2 is 1.82 bits per heavy atom. The lowest BCUT2D eigenvalue weighted by Gasteiger charge is -2.08. The molecule has 4 aromatic rings. The molecule has 4 heteroatoms. The highest BCUT2D eigenvalue weighted by atomic mass is 16.5. The van der Waals surface area contributed by atoms with Crippen LogP contribution < -0.4 is 10.2 Å². The predicted octanol–water partition coefficient (Wildman–Crippen LogP) is 4.21. The van der Waals surface area contributed by atoms with Gasteiger partial charge in [-0.15, -0.1) is 0 Å². The summed E-state index contributed by atoms with van der Waals surface area (Å²) in [5.41, 5.74) is 1.76. The molecule has 0 atom stereocenters. The predicted molar refractivity (Wildman–Crippen MR) is 84.2 cm³/mol. The molecule has 0 N–H and O–H groups in total. The quantitative estimate of drug-likeness (QED) is 0.555. The lowest BCUT2D eigenvalue weighted by molar-refractivity contribution is 0.398. The van der Waals surface area contributed by atoms with Crippen molar-refractivity contribution in [2.45, 2.75) is 0 Å². The SMILES string of the molecule is COc1c(-c2ccccc2)oc2cc3occc3cc2c1=O. The number of methoxy groups -OCH3 is 1. The number of hydrogen-bond acceptors (Lipinski definition) is 4. The Labute approximate surface area is 125 Å². The van der Waals surface area contributed by atoms with Crippen LogP contribution in [0.25, 0.3) is 33.3 Å². The molecule has 0 amide bonds. The Hall–Kier alpha value is -3.01. The van der Waals surface area contributed by atoms with E-state index in [1.807, 2.05) is 36.4 Å². The summed E-state index contributed by atoms with van der Waals surface area (Å²) in [5.74, 6) is 0.632. The van der Waals surface area contributed by atoms with E-state index < -0.39 is 0 Å². The van der Waals surface area contributed by atoms with E-state index >= 15 is 0 Å². The van der Waals surface area contributed by atoms with E-state index in [1.54, 1.807) is 18.4 Å². The number of furan rings is 1. The summed E-state index contributed by atoms with van der Waals surface area (Å²) in [5, 5.41) is 1.33. The van der Waals surface area contributed by atoms with Crippen molar-refractivity contribution in [3.8, 4) is 17.1 Å². The van der Waals surface area contributed by atoms with E-state index in [2.05, 4.69) is 0 Å². The van der Waals surface area contributed by atoms with Crippen LogP contribution in [0.3, 0.4) is 0 Å². The third kappa shape index (κ3) is 1.81. The first-order valence-electron chi connectivity index (χ1n) is 6.85. The van der Waals surface area contributed by atoms with E-state index in [0.29, 0.717) is 22.3 Å². The van der Waals surface area contributed by atoms with Gasteiger partial charge in [-0.1, -0.05) is 30.3 Å². The van der Waals surface area contributed by atoms with Crippen LogP contribution >= 0.6 is 0 Å². The van der Waals surface area contributed by atoms with Crippen molar-refractivity contribution >= 4 is 21.9 Å². The lowest BCUT2D eigenvalue weighted by Crippen LogP contribution is -2.07. The van der Waals surface area contributed by atoms with Crippen molar-refractivity contribution in [3.63, 3.8) is 0 Å². The second-order valence-corrected chi connectivity index (χ2v) is 4.97. The van der Waals surface area contributed by atoms with Crippen molar-refractivity contribution in [1.82, 2.24) is 0 Å². The summed E-state index contributed by atoms with van der Waals surface area (Å²) in [6.07, 6.45) is 1.59. The van der Waals surface area contributed by atoms with Gasteiger partial charge in [0, 0.05) is 17.0 Å². The fraction of sp³-hybridized carbons (Fsp3) is 0.0556. The molecule has 0 aliphatic heterocycles. The molecule has 4 nitrogen and oxygen atoms in total. The highest BCUT2D eigenvalue weighted by molar-refractivity contribution is 5.94. The van der Waals surface area contributed by atoms with Crippen molar-refractivity contribution < 1.29 is 13.6 Å². The van der Waals surface area contributed by atoms with Crippen molar-refractivity contribution in [1.29, 1.82) is 0 Å². The maximum absolute atomic E-state index is 12.7. The summed E-state index contributed by atoms with van der Waals surface area (Å²) in [4.78, 5) is 12.7. The van der Waals surface area contributed by atoms with Crippen LogP contribution in [0.5, 0.6) is 5.75 Å². The Morgan fingerprint density at radius 3 is 2.59 bits per heavy atom. The lowest BCUT2D eigenvalue weighted by atomic mass is 10.1. The number of rotatable bonds is 2. The van der Waals surface area contributed by atoms with Crippen LogP contribution in [0.4, 0.5) is 0 Å². The minimum atomic E-state index is -0.189. The van der Waals surface area contributed by atoms with Gasteiger partial charge in [0.2, 0.25) is 11.2 Å². The number of fused-ring (bicyclic) bond motifs is 2. The summed E-state index contributed by atoms with van der Waals surface area (Å²) < 4.78 is 16.6. The molecule has 0 unspecified atom stereocenters. The van der Waals surface area contributed by atoms with Gasteiger partial charge in [-0.2, -0.15) is 0 Å². The van der Waals surface area contributed by atoms with Crippen LogP contribution in [0.2, 0.25) is 0 Å². The molecule has 0 aliphatic rings. The van der Waals surface area contributed by atoms with E-state index in [0.717, 1.165) is 10.9 Å². The molecular formula is C18H12O4. The maximum atomic E-state index is 12.7. The minimum absolute atomic E-state index is 0.189. The molecule has 2 aromatic carbocycles. The molecule has 2 heterocycles. The molecule has 4 rings (SSSR count). The monoisotopic (exact) mass is 292 g/mol. The first-order valence-corrected chi connectivity index (χ1v) is 6.85. The van der Waals surface area contributed by atoms with Gasteiger partial charge >= 0.3 is 0 Å². The van der Waals surface area contributed by atoms with Crippen molar-refractivity contribution in [2.75, 3.05) is 7.11 Å². The van der Waals surface area contributed by atoms with E-state index in [4.69, 9.17) is 13.6 Å². The maximum Gasteiger partial charge on any atom is 0.235 e. The first-order chi connectivity index (χ1) is 10.8. The largest absolute Gasteiger partial charge is 0.490 e. The Kier molecular flexibility index (Phi) is 2.76. The highest BCUT2D eigenvalue weighted by Crippen LogP contribution is 2.32. The van der Waals surface area contributed by atoms with Crippen molar-refractivity contribution in [3.05, 3.63) is 65.0 Å². The van der Waals surface area contributed by atoms with E-state index in [-0.39, 0.29) is 11.2 Å². The van der Waals surface area contributed by atoms with Gasteiger partial charge in [-0.3, -0.25) is 4.79 Å².